The minimum atomic E-state index is 0.0668. The molecule has 1 fully saturated rings. The first-order chi connectivity index (χ1) is 10.3. The second kappa shape index (κ2) is 6.69. The third kappa shape index (κ3) is 3.70. The van der Waals surface area contributed by atoms with Crippen LogP contribution in [0.4, 0.5) is 0 Å². The minimum Gasteiger partial charge on any atom is -0.372 e. The van der Waals surface area contributed by atoms with Crippen LogP contribution in [-0.2, 0) is 11.3 Å². The van der Waals surface area contributed by atoms with Gasteiger partial charge in [-0.15, -0.1) is 11.3 Å². The van der Waals surface area contributed by atoms with Gasteiger partial charge in [0.1, 0.15) is 11.1 Å². The highest BCUT2D eigenvalue weighted by molar-refractivity contribution is 7.12. The van der Waals surface area contributed by atoms with Gasteiger partial charge in [-0.2, -0.15) is 0 Å². The van der Waals surface area contributed by atoms with Crippen molar-refractivity contribution in [2.45, 2.75) is 45.4 Å². The molecule has 1 saturated carbocycles. The van der Waals surface area contributed by atoms with E-state index in [9.17, 15) is 0 Å². The maximum Gasteiger partial charge on any atom is 0.122 e. The quantitative estimate of drug-likeness (QED) is 0.834. The van der Waals surface area contributed by atoms with E-state index in [0.717, 1.165) is 23.9 Å². The van der Waals surface area contributed by atoms with Gasteiger partial charge in [-0.1, -0.05) is 30.3 Å². The van der Waals surface area contributed by atoms with Crippen molar-refractivity contribution in [1.29, 1.82) is 0 Å². The van der Waals surface area contributed by atoms with Crippen molar-refractivity contribution in [1.82, 2.24) is 10.3 Å². The van der Waals surface area contributed by atoms with E-state index in [0.29, 0.717) is 6.04 Å². The number of thiazole rings is 1. The molecule has 4 heteroatoms. The van der Waals surface area contributed by atoms with Crippen LogP contribution in [0.25, 0.3) is 11.3 Å². The summed E-state index contributed by atoms with van der Waals surface area (Å²) in [5.74, 6) is 0. The summed E-state index contributed by atoms with van der Waals surface area (Å²) in [6.45, 7) is 5.73. The molecule has 0 saturated heterocycles. The number of aromatic nitrogens is 1. The highest BCUT2D eigenvalue weighted by Gasteiger charge is 2.22. The van der Waals surface area contributed by atoms with Crippen molar-refractivity contribution in [2.24, 2.45) is 0 Å². The van der Waals surface area contributed by atoms with E-state index in [1.165, 1.54) is 23.3 Å². The summed E-state index contributed by atoms with van der Waals surface area (Å²) in [7, 11) is 0. The van der Waals surface area contributed by atoms with Crippen LogP contribution in [0.15, 0.2) is 30.3 Å². The molecule has 1 aromatic heterocycles. The fourth-order valence-corrected chi connectivity index (χ4v) is 3.37. The lowest BCUT2D eigenvalue weighted by molar-refractivity contribution is 0.0762. The van der Waals surface area contributed by atoms with Crippen molar-refractivity contribution < 1.29 is 4.74 Å². The van der Waals surface area contributed by atoms with Crippen LogP contribution in [0, 0.1) is 0 Å². The Hall–Kier alpha value is -1.23. The van der Waals surface area contributed by atoms with Crippen LogP contribution in [0.2, 0.25) is 0 Å². The molecule has 1 unspecified atom stereocenters. The molecule has 0 spiro atoms. The third-order valence-corrected chi connectivity index (χ3v) is 4.87. The molecule has 0 amide bonds. The molecule has 112 valence electrons. The van der Waals surface area contributed by atoms with Gasteiger partial charge in [0.25, 0.3) is 0 Å². The van der Waals surface area contributed by atoms with E-state index in [2.05, 4.69) is 36.5 Å². The number of benzene rings is 1. The molecule has 3 nitrogen and oxygen atoms in total. The lowest BCUT2D eigenvalue weighted by Gasteiger charge is -2.06. The molecule has 0 bridgehead atoms. The minimum absolute atomic E-state index is 0.0668. The molecule has 1 heterocycles. The lowest BCUT2D eigenvalue weighted by Crippen LogP contribution is -2.14. The summed E-state index contributed by atoms with van der Waals surface area (Å²) < 4.78 is 5.70. The van der Waals surface area contributed by atoms with Crippen LogP contribution >= 0.6 is 11.3 Å². The summed E-state index contributed by atoms with van der Waals surface area (Å²) in [5, 5.41) is 4.67. The third-order valence-electron chi connectivity index (χ3n) is 3.65. The Bertz CT molecular complexity index is 578. The van der Waals surface area contributed by atoms with E-state index >= 15 is 0 Å². The molecule has 1 N–H and O–H groups in total. The van der Waals surface area contributed by atoms with Crippen LogP contribution in [0.3, 0.4) is 0 Å². The zero-order valence-corrected chi connectivity index (χ0v) is 13.5. The molecular formula is C17H22N2OS. The lowest BCUT2D eigenvalue weighted by atomic mass is 10.1. The summed E-state index contributed by atoms with van der Waals surface area (Å²) in [6, 6.07) is 11.2. The molecule has 2 aromatic rings. The first-order valence-corrected chi connectivity index (χ1v) is 8.49. The van der Waals surface area contributed by atoms with Crippen LogP contribution < -0.4 is 5.32 Å². The van der Waals surface area contributed by atoms with Crippen molar-refractivity contribution in [3.63, 3.8) is 0 Å². The molecule has 0 aliphatic heterocycles. The van der Waals surface area contributed by atoms with Gasteiger partial charge in [0.05, 0.1) is 5.69 Å². The normalized spacial score (nSPS) is 16.1. The topological polar surface area (TPSA) is 34.1 Å². The Morgan fingerprint density at radius 1 is 1.33 bits per heavy atom. The number of nitrogens with one attached hydrogen (secondary N) is 1. The monoisotopic (exact) mass is 302 g/mol. The summed E-state index contributed by atoms with van der Waals surface area (Å²) in [4.78, 5) is 6.17. The SMILES string of the molecule is CCOC(C)c1nc(-c2ccccc2)c(CNC2CC2)s1. The van der Waals surface area contributed by atoms with Crippen molar-refractivity contribution in [3.8, 4) is 11.3 Å². The predicted molar refractivity (Wildman–Crippen MR) is 87.5 cm³/mol. The highest BCUT2D eigenvalue weighted by atomic mass is 32.1. The zero-order chi connectivity index (χ0) is 14.7. The van der Waals surface area contributed by atoms with Gasteiger partial charge < -0.3 is 10.1 Å². The standard InChI is InChI=1S/C17H22N2OS/c1-3-20-12(2)17-19-16(13-7-5-4-6-8-13)15(21-17)11-18-14-9-10-14/h4-8,12,14,18H,3,9-11H2,1-2H3. The first kappa shape index (κ1) is 14.7. The average Bonchev–Trinajstić information content (AvgIpc) is 3.24. The Morgan fingerprint density at radius 2 is 2.10 bits per heavy atom. The molecule has 1 aromatic carbocycles. The van der Waals surface area contributed by atoms with Gasteiger partial charge in [-0.25, -0.2) is 4.98 Å². The summed E-state index contributed by atoms with van der Waals surface area (Å²) in [5.41, 5.74) is 2.30. The molecule has 1 aliphatic carbocycles. The highest BCUT2D eigenvalue weighted by Crippen LogP contribution is 2.33. The van der Waals surface area contributed by atoms with E-state index in [-0.39, 0.29) is 6.10 Å². The Morgan fingerprint density at radius 3 is 2.76 bits per heavy atom. The van der Waals surface area contributed by atoms with Gasteiger partial charge in [0.2, 0.25) is 0 Å². The maximum atomic E-state index is 5.70. The number of nitrogens with zero attached hydrogens (tertiary/aromatic N) is 1. The number of rotatable bonds is 7. The maximum absolute atomic E-state index is 5.70. The van der Waals surface area contributed by atoms with E-state index in [1.54, 1.807) is 11.3 Å². The molecule has 1 atom stereocenters. The summed E-state index contributed by atoms with van der Waals surface area (Å²) >= 11 is 1.77. The van der Waals surface area contributed by atoms with Gasteiger partial charge in [0.15, 0.2) is 0 Å². The molecular weight excluding hydrogens is 280 g/mol. The van der Waals surface area contributed by atoms with Crippen molar-refractivity contribution in [2.75, 3.05) is 6.61 Å². The number of ether oxygens (including phenoxy) is 1. The smallest absolute Gasteiger partial charge is 0.122 e. The Labute approximate surface area is 130 Å². The number of hydrogen-bond acceptors (Lipinski definition) is 4. The molecule has 0 radical (unpaired) electrons. The largest absolute Gasteiger partial charge is 0.372 e. The average molecular weight is 302 g/mol. The van der Waals surface area contributed by atoms with Crippen LogP contribution in [0.1, 0.15) is 42.7 Å². The van der Waals surface area contributed by atoms with Crippen LogP contribution in [0.5, 0.6) is 0 Å². The zero-order valence-electron chi connectivity index (χ0n) is 12.6. The molecule has 1 aliphatic rings. The Balaban J connectivity index is 1.87. The fraction of sp³-hybridized carbons (Fsp3) is 0.471. The summed E-state index contributed by atoms with van der Waals surface area (Å²) in [6.07, 6.45) is 2.68. The first-order valence-electron chi connectivity index (χ1n) is 7.68. The number of hydrogen-bond donors (Lipinski definition) is 1. The van der Waals surface area contributed by atoms with Crippen LogP contribution in [-0.4, -0.2) is 17.6 Å². The van der Waals surface area contributed by atoms with Gasteiger partial charge >= 0.3 is 0 Å². The molecule has 21 heavy (non-hydrogen) atoms. The predicted octanol–water partition coefficient (Wildman–Crippen LogP) is 4.16. The van der Waals surface area contributed by atoms with Crippen molar-refractivity contribution >= 4 is 11.3 Å². The molecule has 3 rings (SSSR count). The van der Waals surface area contributed by atoms with E-state index < -0.39 is 0 Å². The van der Waals surface area contributed by atoms with E-state index in [4.69, 9.17) is 9.72 Å². The Kier molecular flexibility index (Phi) is 4.68. The van der Waals surface area contributed by atoms with Gasteiger partial charge in [-0.05, 0) is 26.7 Å². The second-order valence-corrected chi connectivity index (χ2v) is 6.56. The van der Waals surface area contributed by atoms with Crippen molar-refractivity contribution in [3.05, 3.63) is 40.2 Å². The van der Waals surface area contributed by atoms with Gasteiger partial charge in [-0.3, -0.25) is 0 Å². The second-order valence-electron chi connectivity index (χ2n) is 5.44. The van der Waals surface area contributed by atoms with Gasteiger partial charge in [0, 0.05) is 29.6 Å². The van der Waals surface area contributed by atoms with E-state index in [1.807, 2.05) is 13.0 Å². The fourth-order valence-electron chi connectivity index (χ4n) is 2.33.